The molecule has 0 bridgehead atoms. The molecule has 2 heterocycles. The maximum atomic E-state index is 5.72. The molecular weight excluding hydrogens is 262 g/mol. The van der Waals surface area contributed by atoms with Gasteiger partial charge < -0.3 is 10.1 Å². The Bertz CT molecular complexity index is 534. The third kappa shape index (κ3) is 4.02. The smallest absolute Gasteiger partial charge is 0.156 e. The van der Waals surface area contributed by atoms with Gasteiger partial charge in [-0.1, -0.05) is 36.8 Å². The zero-order chi connectivity index (χ0) is 14.3. The molecule has 21 heavy (non-hydrogen) atoms. The zero-order valence-electron chi connectivity index (χ0n) is 12.2. The molecule has 0 radical (unpaired) electrons. The van der Waals surface area contributed by atoms with Crippen LogP contribution in [0.15, 0.2) is 42.7 Å². The Morgan fingerprint density at radius 2 is 1.90 bits per heavy atom. The van der Waals surface area contributed by atoms with Gasteiger partial charge in [-0.05, 0) is 24.9 Å². The van der Waals surface area contributed by atoms with E-state index in [0.717, 1.165) is 36.6 Å². The average Bonchev–Trinajstić information content (AvgIpc) is 2.84. The zero-order valence-corrected chi connectivity index (χ0v) is 12.2. The first kappa shape index (κ1) is 14.0. The molecule has 2 aromatic rings. The number of ether oxygens (including phenoxy) is 1. The highest BCUT2D eigenvalue weighted by atomic mass is 16.5. The molecule has 4 nitrogen and oxygen atoms in total. The fourth-order valence-corrected chi connectivity index (χ4v) is 2.59. The van der Waals surface area contributed by atoms with Gasteiger partial charge in [0.05, 0.1) is 12.4 Å². The van der Waals surface area contributed by atoms with Crippen LogP contribution in [0.25, 0.3) is 0 Å². The molecule has 1 atom stereocenters. The number of aromatic nitrogens is 2. The van der Waals surface area contributed by atoms with Gasteiger partial charge in [-0.25, -0.2) is 9.97 Å². The first-order valence-electron chi connectivity index (χ1n) is 7.61. The summed E-state index contributed by atoms with van der Waals surface area (Å²) in [6, 6.07) is 10.1. The highest BCUT2D eigenvalue weighted by Crippen LogP contribution is 2.21. The van der Waals surface area contributed by atoms with Crippen molar-refractivity contribution < 1.29 is 4.74 Å². The van der Waals surface area contributed by atoms with Crippen LogP contribution in [0, 0.1) is 0 Å². The van der Waals surface area contributed by atoms with Gasteiger partial charge in [-0.15, -0.1) is 0 Å². The van der Waals surface area contributed by atoms with Gasteiger partial charge in [-0.2, -0.15) is 0 Å². The lowest BCUT2D eigenvalue weighted by Crippen LogP contribution is -2.20. The highest BCUT2D eigenvalue weighted by molar-refractivity contribution is 5.17. The Balaban J connectivity index is 1.58. The molecule has 3 rings (SSSR count). The molecule has 110 valence electrons. The molecule has 0 spiro atoms. The van der Waals surface area contributed by atoms with Crippen molar-refractivity contribution in [2.75, 3.05) is 13.1 Å². The summed E-state index contributed by atoms with van der Waals surface area (Å²) < 4.78 is 5.72. The predicted molar refractivity (Wildman–Crippen MR) is 82.3 cm³/mol. The minimum absolute atomic E-state index is 0.427. The van der Waals surface area contributed by atoms with Gasteiger partial charge in [0.25, 0.3) is 0 Å². The molecule has 0 aliphatic carbocycles. The Hall–Kier alpha value is -1.94. The lowest BCUT2D eigenvalue weighted by molar-refractivity contribution is 0.303. The largest absolute Gasteiger partial charge is 0.486 e. The first-order valence-corrected chi connectivity index (χ1v) is 7.61. The van der Waals surface area contributed by atoms with E-state index >= 15 is 0 Å². The SMILES string of the molecule is c1ccc(COc2cnc(C3CCCCNC3)nc2)cc1. The van der Waals surface area contributed by atoms with Crippen molar-refractivity contribution >= 4 is 0 Å². The van der Waals surface area contributed by atoms with E-state index in [9.17, 15) is 0 Å². The third-order valence-electron chi connectivity index (χ3n) is 3.81. The summed E-state index contributed by atoms with van der Waals surface area (Å²) in [4.78, 5) is 8.96. The second-order valence-electron chi connectivity index (χ2n) is 5.45. The van der Waals surface area contributed by atoms with E-state index in [4.69, 9.17) is 4.74 Å². The summed E-state index contributed by atoms with van der Waals surface area (Å²) in [6.45, 7) is 2.63. The minimum Gasteiger partial charge on any atom is -0.486 e. The van der Waals surface area contributed by atoms with E-state index in [0.29, 0.717) is 12.5 Å². The van der Waals surface area contributed by atoms with Gasteiger partial charge in [0.2, 0.25) is 0 Å². The van der Waals surface area contributed by atoms with Gasteiger partial charge in [0.1, 0.15) is 12.4 Å². The number of hydrogen-bond donors (Lipinski definition) is 1. The van der Waals surface area contributed by atoms with Gasteiger partial charge in [-0.3, -0.25) is 0 Å². The standard InChI is InChI=1S/C17H21N3O/c1-2-6-14(7-3-1)13-21-16-11-19-17(20-12-16)15-8-4-5-9-18-10-15/h1-3,6-7,11-12,15,18H,4-5,8-10,13H2. The van der Waals surface area contributed by atoms with E-state index in [1.807, 2.05) is 30.3 Å². The van der Waals surface area contributed by atoms with Crippen molar-refractivity contribution in [3.05, 3.63) is 54.1 Å². The molecule has 0 saturated carbocycles. The maximum absolute atomic E-state index is 5.72. The van der Waals surface area contributed by atoms with Gasteiger partial charge >= 0.3 is 0 Å². The van der Waals surface area contributed by atoms with Crippen LogP contribution in [0.5, 0.6) is 5.75 Å². The molecule has 1 unspecified atom stereocenters. The normalized spacial score (nSPS) is 19.0. The Morgan fingerprint density at radius 1 is 1.10 bits per heavy atom. The summed E-state index contributed by atoms with van der Waals surface area (Å²) in [5.74, 6) is 2.08. The number of nitrogens with zero attached hydrogens (tertiary/aromatic N) is 2. The van der Waals surface area contributed by atoms with Crippen molar-refractivity contribution in [3.63, 3.8) is 0 Å². The quantitative estimate of drug-likeness (QED) is 0.937. The fraction of sp³-hybridized carbons (Fsp3) is 0.412. The van der Waals surface area contributed by atoms with Crippen LogP contribution in [0.1, 0.15) is 36.6 Å². The molecular formula is C17H21N3O. The molecule has 1 aromatic carbocycles. The van der Waals surface area contributed by atoms with E-state index < -0.39 is 0 Å². The predicted octanol–water partition coefficient (Wildman–Crippen LogP) is 2.91. The maximum Gasteiger partial charge on any atom is 0.156 e. The molecule has 1 aromatic heterocycles. The molecule has 1 aliphatic rings. The van der Waals surface area contributed by atoms with Crippen LogP contribution in [-0.4, -0.2) is 23.1 Å². The van der Waals surface area contributed by atoms with Crippen LogP contribution in [0.4, 0.5) is 0 Å². The first-order chi connectivity index (χ1) is 10.4. The van der Waals surface area contributed by atoms with Crippen LogP contribution < -0.4 is 10.1 Å². The summed E-state index contributed by atoms with van der Waals surface area (Å²) in [5, 5.41) is 3.45. The minimum atomic E-state index is 0.427. The van der Waals surface area contributed by atoms with Crippen molar-refractivity contribution in [1.29, 1.82) is 0 Å². The Kier molecular flexibility index (Phi) is 4.79. The summed E-state index contributed by atoms with van der Waals surface area (Å²) >= 11 is 0. The van der Waals surface area contributed by atoms with E-state index in [2.05, 4.69) is 15.3 Å². The molecule has 1 saturated heterocycles. The van der Waals surface area contributed by atoms with Crippen LogP contribution >= 0.6 is 0 Å². The molecule has 1 N–H and O–H groups in total. The van der Waals surface area contributed by atoms with E-state index in [1.54, 1.807) is 12.4 Å². The fourth-order valence-electron chi connectivity index (χ4n) is 2.59. The van der Waals surface area contributed by atoms with Gasteiger partial charge in [0, 0.05) is 12.5 Å². The Labute approximate surface area is 125 Å². The van der Waals surface area contributed by atoms with Crippen molar-refractivity contribution in [3.8, 4) is 5.75 Å². The van der Waals surface area contributed by atoms with E-state index in [1.165, 1.54) is 12.8 Å². The second-order valence-corrected chi connectivity index (χ2v) is 5.45. The molecule has 1 fully saturated rings. The average molecular weight is 283 g/mol. The second kappa shape index (κ2) is 7.18. The van der Waals surface area contributed by atoms with Crippen molar-refractivity contribution in [1.82, 2.24) is 15.3 Å². The highest BCUT2D eigenvalue weighted by Gasteiger charge is 2.16. The van der Waals surface area contributed by atoms with Crippen LogP contribution in [-0.2, 0) is 6.61 Å². The van der Waals surface area contributed by atoms with E-state index in [-0.39, 0.29) is 0 Å². The molecule has 0 amide bonds. The molecule has 1 aliphatic heterocycles. The van der Waals surface area contributed by atoms with Crippen LogP contribution in [0.2, 0.25) is 0 Å². The summed E-state index contributed by atoms with van der Waals surface area (Å²) in [5.41, 5.74) is 1.15. The summed E-state index contributed by atoms with van der Waals surface area (Å²) in [7, 11) is 0. The van der Waals surface area contributed by atoms with Crippen LogP contribution in [0.3, 0.4) is 0 Å². The molecule has 4 heteroatoms. The topological polar surface area (TPSA) is 47.0 Å². The lowest BCUT2D eigenvalue weighted by Gasteiger charge is -2.13. The lowest BCUT2D eigenvalue weighted by atomic mass is 10.0. The van der Waals surface area contributed by atoms with Crippen molar-refractivity contribution in [2.24, 2.45) is 0 Å². The Morgan fingerprint density at radius 3 is 2.71 bits per heavy atom. The number of benzene rings is 1. The number of hydrogen-bond acceptors (Lipinski definition) is 4. The monoisotopic (exact) mass is 283 g/mol. The number of nitrogens with one attached hydrogen (secondary N) is 1. The van der Waals surface area contributed by atoms with Crippen molar-refractivity contribution in [2.45, 2.75) is 31.8 Å². The number of rotatable bonds is 4. The summed E-state index contributed by atoms with van der Waals surface area (Å²) in [6.07, 6.45) is 7.23. The van der Waals surface area contributed by atoms with Gasteiger partial charge in [0.15, 0.2) is 5.75 Å². The third-order valence-corrected chi connectivity index (χ3v) is 3.81.